The molecule has 144 valence electrons. The highest BCUT2D eigenvalue weighted by Gasteiger charge is 2.52. The minimum atomic E-state index is -5.60. The lowest BCUT2D eigenvalue weighted by Gasteiger charge is -2.50. The molecule has 2 bridgehead atoms. The van der Waals surface area contributed by atoms with Gasteiger partial charge in [0.25, 0.3) is 0 Å². The number of rotatable bonds is 4. The lowest BCUT2D eigenvalue weighted by atomic mass is 9.54. The van der Waals surface area contributed by atoms with Crippen molar-refractivity contribution in [1.82, 2.24) is 0 Å². The quantitative estimate of drug-likeness (QED) is 0.552. The topological polar surface area (TPSA) is 43.4 Å². The number of alkyl halides is 3. The third kappa shape index (κ3) is 2.79. The van der Waals surface area contributed by atoms with Gasteiger partial charge in [0, 0.05) is 11.8 Å². The molecule has 0 unspecified atom stereocenters. The molecule has 0 spiro atoms. The van der Waals surface area contributed by atoms with E-state index >= 15 is 0 Å². The summed E-state index contributed by atoms with van der Waals surface area (Å²) in [5.74, 6) is -0.449. The molecule has 7 heteroatoms. The van der Waals surface area contributed by atoms with Crippen LogP contribution in [-0.2, 0) is 14.3 Å². The first-order chi connectivity index (χ1) is 12.8. The molecule has 0 fully saturated rings. The number of fused-ring (bicyclic) bond motifs is 1. The van der Waals surface area contributed by atoms with Crippen molar-refractivity contribution >= 4 is 10.1 Å². The highest BCUT2D eigenvalue weighted by Crippen LogP contribution is 2.59. The van der Waals surface area contributed by atoms with Crippen molar-refractivity contribution in [2.75, 3.05) is 6.61 Å². The van der Waals surface area contributed by atoms with E-state index in [0.29, 0.717) is 0 Å². The fourth-order valence-corrected chi connectivity index (χ4v) is 5.37. The van der Waals surface area contributed by atoms with Crippen LogP contribution in [0.1, 0.15) is 47.4 Å². The van der Waals surface area contributed by atoms with Crippen LogP contribution in [0.4, 0.5) is 13.2 Å². The number of hydrogen-bond acceptors (Lipinski definition) is 3. The van der Waals surface area contributed by atoms with E-state index < -0.39 is 22.2 Å². The normalized spacial score (nSPS) is 26.5. The molecule has 0 aromatic heterocycles. The molecular formula is C20H19F3O3S. The van der Waals surface area contributed by atoms with E-state index in [1.807, 2.05) is 43.3 Å². The minimum Gasteiger partial charge on any atom is -0.263 e. The molecule has 2 atom stereocenters. The van der Waals surface area contributed by atoms with Gasteiger partial charge in [-0.25, -0.2) is 0 Å². The van der Waals surface area contributed by atoms with E-state index in [1.54, 1.807) is 0 Å². The molecule has 0 aliphatic heterocycles. The van der Waals surface area contributed by atoms with Crippen molar-refractivity contribution in [3.8, 4) is 0 Å². The van der Waals surface area contributed by atoms with Crippen LogP contribution in [0.5, 0.6) is 0 Å². The van der Waals surface area contributed by atoms with Gasteiger partial charge in [-0.05, 0) is 34.1 Å². The summed E-state index contributed by atoms with van der Waals surface area (Å²) in [6.45, 7) is 1.52. The van der Waals surface area contributed by atoms with Crippen molar-refractivity contribution in [1.29, 1.82) is 0 Å². The Bertz CT molecular complexity index is 921. The van der Waals surface area contributed by atoms with Gasteiger partial charge in [0.2, 0.25) is 0 Å². The first-order valence-electron chi connectivity index (χ1n) is 8.89. The molecule has 3 aliphatic carbocycles. The predicted octanol–water partition coefficient (Wildman–Crippen LogP) is 4.79. The smallest absolute Gasteiger partial charge is 0.263 e. The molecule has 0 radical (unpaired) electrons. The zero-order chi connectivity index (χ0) is 19.4. The first kappa shape index (κ1) is 18.5. The van der Waals surface area contributed by atoms with Crippen molar-refractivity contribution in [2.45, 2.75) is 30.7 Å². The zero-order valence-electron chi connectivity index (χ0n) is 14.6. The van der Waals surface area contributed by atoms with E-state index in [9.17, 15) is 21.6 Å². The SMILES string of the molecule is CC[C@@H]1C2c3ccccc3C(c3ccccc32)[C@H]1COS(=O)(=O)C(F)(F)F. The Kier molecular flexibility index (Phi) is 4.35. The monoisotopic (exact) mass is 396 g/mol. The number of hydrogen-bond donors (Lipinski definition) is 0. The van der Waals surface area contributed by atoms with Crippen molar-refractivity contribution < 1.29 is 25.8 Å². The maximum Gasteiger partial charge on any atom is 0.523 e. The van der Waals surface area contributed by atoms with Gasteiger partial charge in [-0.1, -0.05) is 61.9 Å². The molecule has 0 heterocycles. The average Bonchev–Trinajstić information content (AvgIpc) is 2.65. The predicted molar refractivity (Wildman–Crippen MR) is 94.8 cm³/mol. The summed E-state index contributed by atoms with van der Waals surface area (Å²) >= 11 is 0. The van der Waals surface area contributed by atoms with E-state index in [-0.39, 0.29) is 23.7 Å². The second-order valence-electron chi connectivity index (χ2n) is 7.13. The van der Waals surface area contributed by atoms with Crippen LogP contribution in [-0.4, -0.2) is 20.5 Å². The highest BCUT2D eigenvalue weighted by atomic mass is 32.2. The molecule has 2 aromatic carbocycles. The number of halogens is 3. The van der Waals surface area contributed by atoms with Crippen LogP contribution in [0.3, 0.4) is 0 Å². The summed E-state index contributed by atoms with van der Waals surface area (Å²) in [5, 5.41) is 0. The number of benzene rings is 2. The van der Waals surface area contributed by atoms with Gasteiger partial charge in [0.05, 0.1) is 6.61 Å². The Labute approximate surface area is 156 Å². The van der Waals surface area contributed by atoms with Crippen molar-refractivity contribution in [3.63, 3.8) is 0 Å². The van der Waals surface area contributed by atoms with Crippen LogP contribution < -0.4 is 0 Å². The van der Waals surface area contributed by atoms with Crippen LogP contribution in [0, 0.1) is 11.8 Å². The van der Waals surface area contributed by atoms with Gasteiger partial charge >= 0.3 is 15.6 Å². The van der Waals surface area contributed by atoms with Gasteiger partial charge in [0.15, 0.2) is 0 Å². The van der Waals surface area contributed by atoms with E-state index in [4.69, 9.17) is 0 Å². The largest absolute Gasteiger partial charge is 0.523 e. The van der Waals surface area contributed by atoms with Crippen LogP contribution in [0.15, 0.2) is 48.5 Å². The van der Waals surface area contributed by atoms with Gasteiger partial charge in [0.1, 0.15) is 0 Å². The molecule has 0 saturated heterocycles. The molecule has 3 aliphatic rings. The van der Waals surface area contributed by atoms with Gasteiger partial charge in [-0.15, -0.1) is 0 Å². The minimum absolute atomic E-state index is 0.0169. The van der Waals surface area contributed by atoms with E-state index in [2.05, 4.69) is 16.3 Å². The maximum absolute atomic E-state index is 12.7. The molecule has 3 nitrogen and oxygen atoms in total. The molecule has 0 saturated carbocycles. The second-order valence-corrected chi connectivity index (χ2v) is 8.74. The Balaban J connectivity index is 1.78. The Hall–Kier alpha value is -1.86. The van der Waals surface area contributed by atoms with Gasteiger partial charge in [-0.2, -0.15) is 21.6 Å². The lowest BCUT2D eigenvalue weighted by Crippen LogP contribution is -2.42. The summed E-state index contributed by atoms with van der Waals surface area (Å²) < 4.78 is 65.5. The average molecular weight is 396 g/mol. The molecule has 27 heavy (non-hydrogen) atoms. The van der Waals surface area contributed by atoms with Crippen LogP contribution in [0.2, 0.25) is 0 Å². The summed E-state index contributed by atoms with van der Waals surface area (Å²) in [5.41, 5.74) is -0.920. The lowest BCUT2D eigenvalue weighted by molar-refractivity contribution is -0.0560. The standard InChI is InChI=1S/C20H19F3O3S/c1-2-12-17(11-26-27(24,25)20(21,22)23)19-15-9-5-3-7-13(15)18(12)14-8-4-6-10-16(14)19/h3-10,12,17-19H,2,11H2,1H3/t12-,17-,18?,19?/m0/s1. The van der Waals surface area contributed by atoms with Gasteiger partial charge in [-0.3, -0.25) is 4.18 Å². The highest BCUT2D eigenvalue weighted by molar-refractivity contribution is 7.87. The fraction of sp³-hybridized carbons (Fsp3) is 0.400. The molecule has 0 amide bonds. The third-order valence-corrected chi connectivity index (χ3v) is 6.92. The first-order valence-corrected chi connectivity index (χ1v) is 10.3. The van der Waals surface area contributed by atoms with Crippen molar-refractivity contribution in [3.05, 3.63) is 70.8 Å². The fourth-order valence-electron chi connectivity index (χ4n) is 4.90. The van der Waals surface area contributed by atoms with Crippen LogP contribution in [0.25, 0.3) is 0 Å². The summed E-state index contributed by atoms with van der Waals surface area (Å²) in [6, 6.07) is 15.9. The summed E-state index contributed by atoms with van der Waals surface area (Å²) in [7, 11) is -5.60. The Morgan fingerprint density at radius 2 is 1.26 bits per heavy atom. The third-order valence-electron chi connectivity index (χ3n) is 5.91. The molecule has 0 N–H and O–H groups in total. The Morgan fingerprint density at radius 3 is 1.63 bits per heavy atom. The van der Waals surface area contributed by atoms with E-state index in [1.165, 1.54) is 11.1 Å². The zero-order valence-corrected chi connectivity index (χ0v) is 15.4. The second kappa shape index (κ2) is 6.34. The van der Waals surface area contributed by atoms with Gasteiger partial charge < -0.3 is 0 Å². The maximum atomic E-state index is 12.7. The molecule has 5 rings (SSSR count). The molecular weight excluding hydrogens is 377 g/mol. The van der Waals surface area contributed by atoms with E-state index in [0.717, 1.165) is 17.5 Å². The molecule has 2 aromatic rings. The van der Waals surface area contributed by atoms with Crippen molar-refractivity contribution in [2.24, 2.45) is 11.8 Å². The summed E-state index contributed by atoms with van der Waals surface area (Å²) in [4.78, 5) is 0. The van der Waals surface area contributed by atoms with Crippen LogP contribution >= 0.6 is 0 Å². The Morgan fingerprint density at radius 1 is 0.852 bits per heavy atom. The summed E-state index contributed by atoms with van der Waals surface area (Å²) in [6.07, 6.45) is 0.726.